The van der Waals surface area contributed by atoms with Gasteiger partial charge < -0.3 is 10.2 Å². The van der Waals surface area contributed by atoms with Gasteiger partial charge in [0.15, 0.2) is 6.04 Å². The van der Waals surface area contributed by atoms with Crippen molar-refractivity contribution in [3.8, 4) is 0 Å². The summed E-state index contributed by atoms with van der Waals surface area (Å²) in [5, 5.41) is 2.82. The largest absolute Gasteiger partial charge is 0.324 e. The molecule has 0 radical (unpaired) electrons. The fourth-order valence-electron chi connectivity index (χ4n) is 2.19. The average molecular weight is 301 g/mol. The number of nitrogens with one attached hydrogen (secondary N) is 2. The van der Waals surface area contributed by atoms with E-state index in [1.54, 1.807) is 12.1 Å². The van der Waals surface area contributed by atoms with Crippen molar-refractivity contribution in [1.29, 1.82) is 0 Å². The van der Waals surface area contributed by atoms with Crippen molar-refractivity contribution in [2.75, 3.05) is 12.4 Å². The second-order valence-corrected chi connectivity index (χ2v) is 5.73. The Morgan fingerprint density at radius 3 is 2.32 bits per heavy atom. The third-order valence-corrected chi connectivity index (χ3v) is 3.85. The molecule has 3 nitrogen and oxygen atoms in total. The molecule has 0 aliphatic carbocycles. The van der Waals surface area contributed by atoms with Crippen LogP contribution in [0.15, 0.2) is 48.5 Å². The van der Waals surface area contributed by atoms with Crippen LogP contribution in [0.3, 0.4) is 0 Å². The third-order valence-electron chi connectivity index (χ3n) is 3.85. The van der Waals surface area contributed by atoms with Gasteiger partial charge in [0.1, 0.15) is 12.4 Å². The van der Waals surface area contributed by atoms with E-state index in [4.69, 9.17) is 0 Å². The maximum Gasteiger partial charge on any atom is 0.282 e. The molecular formula is C18H22FN2O+. The van der Waals surface area contributed by atoms with Crippen LogP contribution in [0.5, 0.6) is 0 Å². The van der Waals surface area contributed by atoms with E-state index in [2.05, 4.69) is 36.5 Å². The molecule has 0 saturated carbocycles. The van der Waals surface area contributed by atoms with Crippen molar-refractivity contribution in [3.05, 3.63) is 65.5 Å². The smallest absolute Gasteiger partial charge is 0.282 e. The lowest BCUT2D eigenvalue weighted by molar-refractivity contribution is -0.907. The molecule has 2 atom stereocenters. The van der Waals surface area contributed by atoms with Crippen molar-refractivity contribution in [3.63, 3.8) is 0 Å². The number of aryl methyl sites for hydroxylation is 1. The Morgan fingerprint density at radius 2 is 1.73 bits per heavy atom. The molecule has 2 aromatic rings. The van der Waals surface area contributed by atoms with E-state index in [0.717, 1.165) is 11.4 Å². The number of anilines is 1. The van der Waals surface area contributed by atoms with Crippen LogP contribution in [0.25, 0.3) is 0 Å². The Morgan fingerprint density at radius 1 is 1.14 bits per heavy atom. The molecule has 0 bridgehead atoms. The van der Waals surface area contributed by atoms with Crippen LogP contribution < -0.4 is 10.2 Å². The fourth-order valence-corrected chi connectivity index (χ4v) is 2.19. The van der Waals surface area contributed by atoms with E-state index in [1.165, 1.54) is 23.3 Å². The molecule has 2 N–H and O–H groups in total. The van der Waals surface area contributed by atoms with Crippen LogP contribution in [0, 0.1) is 12.7 Å². The number of quaternary nitrogens is 1. The molecule has 0 aliphatic heterocycles. The summed E-state index contributed by atoms with van der Waals surface area (Å²) >= 11 is 0. The molecule has 2 aromatic carbocycles. The van der Waals surface area contributed by atoms with Crippen LogP contribution in [-0.2, 0) is 11.3 Å². The van der Waals surface area contributed by atoms with Crippen molar-refractivity contribution in [1.82, 2.24) is 0 Å². The molecule has 116 valence electrons. The number of carbonyl (C=O) groups excluding carboxylic acids is 1. The Bertz CT molecular complexity index is 623. The Labute approximate surface area is 130 Å². The van der Waals surface area contributed by atoms with Gasteiger partial charge in [-0.3, -0.25) is 4.79 Å². The van der Waals surface area contributed by atoms with Gasteiger partial charge in [0.25, 0.3) is 5.91 Å². The lowest BCUT2D eigenvalue weighted by Gasteiger charge is -2.21. The third kappa shape index (κ3) is 4.40. The van der Waals surface area contributed by atoms with E-state index in [9.17, 15) is 9.18 Å². The summed E-state index contributed by atoms with van der Waals surface area (Å²) in [6, 6.07) is 13.9. The first kappa shape index (κ1) is 16.2. The van der Waals surface area contributed by atoms with E-state index in [1.807, 2.05) is 14.0 Å². The maximum absolute atomic E-state index is 12.9. The van der Waals surface area contributed by atoms with Crippen LogP contribution in [-0.4, -0.2) is 19.0 Å². The van der Waals surface area contributed by atoms with Gasteiger partial charge >= 0.3 is 0 Å². The number of rotatable bonds is 5. The highest BCUT2D eigenvalue weighted by molar-refractivity contribution is 5.93. The molecule has 2 rings (SSSR count). The number of carbonyl (C=O) groups is 1. The molecule has 0 fully saturated rings. The second kappa shape index (κ2) is 7.18. The highest BCUT2D eigenvalue weighted by Crippen LogP contribution is 2.08. The molecule has 1 unspecified atom stereocenters. The minimum absolute atomic E-state index is 0.0729. The Kier molecular flexibility index (Phi) is 5.28. The van der Waals surface area contributed by atoms with Gasteiger partial charge in [-0.05, 0) is 38.1 Å². The quantitative estimate of drug-likeness (QED) is 0.872. The van der Waals surface area contributed by atoms with Crippen LogP contribution in [0.4, 0.5) is 10.1 Å². The van der Waals surface area contributed by atoms with Crippen LogP contribution >= 0.6 is 0 Å². The summed E-state index contributed by atoms with van der Waals surface area (Å²) in [6.45, 7) is 4.72. The monoisotopic (exact) mass is 301 g/mol. The number of benzene rings is 2. The first-order valence-corrected chi connectivity index (χ1v) is 7.40. The predicted molar refractivity (Wildman–Crippen MR) is 86.3 cm³/mol. The molecule has 0 aromatic heterocycles. The minimum Gasteiger partial charge on any atom is -0.324 e. The zero-order chi connectivity index (χ0) is 16.1. The molecule has 0 spiro atoms. The zero-order valence-corrected chi connectivity index (χ0v) is 13.2. The van der Waals surface area contributed by atoms with Gasteiger partial charge in [-0.2, -0.15) is 0 Å². The number of halogens is 1. The predicted octanol–water partition coefficient (Wildman–Crippen LogP) is 2.18. The molecule has 0 saturated heterocycles. The number of likely N-dealkylation sites (N-methyl/N-ethyl adjacent to an activating group) is 1. The Hall–Kier alpha value is -2.20. The van der Waals surface area contributed by atoms with E-state index in [0.29, 0.717) is 5.69 Å². The van der Waals surface area contributed by atoms with Crippen molar-refractivity contribution >= 4 is 11.6 Å². The zero-order valence-electron chi connectivity index (χ0n) is 13.2. The first-order valence-electron chi connectivity index (χ1n) is 7.40. The topological polar surface area (TPSA) is 33.5 Å². The summed E-state index contributed by atoms with van der Waals surface area (Å²) in [4.78, 5) is 13.4. The van der Waals surface area contributed by atoms with Gasteiger partial charge in [0.2, 0.25) is 0 Å². The molecule has 4 heteroatoms. The number of amides is 1. The summed E-state index contributed by atoms with van der Waals surface area (Å²) < 4.78 is 12.9. The van der Waals surface area contributed by atoms with Gasteiger partial charge in [0.05, 0.1) is 7.05 Å². The van der Waals surface area contributed by atoms with Gasteiger partial charge in [-0.1, -0.05) is 29.8 Å². The standard InChI is InChI=1S/C18H21FN2O/c1-13-4-6-15(7-5-13)12-21(3)14(2)18(22)20-17-10-8-16(19)9-11-17/h4-11,14H,12H2,1-3H3,(H,20,22)/p+1/t14-/m0/s1. The molecule has 22 heavy (non-hydrogen) atoms. The summed E-state index contributed by atoms with van der Waals surface area (Å²) in [6.07, 6.45) is 0. The van der Waals surface area contributed by atoms with Crippen molar-refractivity contribution in [2.45, 2.75) is 26.4 Å². The van der Waals surface area contributed by atoms with E-state index < -0.39 is 0 Å². The SMILES string of the molecule is Cc1ccc(C[NH+](C)[C@@H](C)C(=O)Nc2ccc(F)cc2)cc1. The number of hydrogen-bond donors (Lipinski definition) is 2. The molecule has 0 heterocycles. The van der Waals surface area contributed by atoms with E-state index >= 15 is 0 Å². The highest BCUT2D eigenvalue weighted by atomic mass is 19.1. The van der Waals surface area contributed by atoms with Crippen LogP contribution in [0.2, 0.25) is 0 Å². The van der Waals surface area contributed by atoms with Gasteiger partial charge in [0, 0.05) is 11.3 Å². The summed E-state index contributed by atoms with van der Waals surface area (Å²) in [5.41, 5.74) is 3.04. The number of hydrogen-bond acceptors (Lipinski definition) is 1. The lowest BCUT2D eigenvalue weighted by atomic mass is 10.1. The van der Waals surface area contributed by atoms with Crippen molar-refractivity contribution in [2.24, 2.45) is 0 Å². The molecule has 1 amide bonds. The fraction of sp³-hybridized carbons (Fsp3) is 0.278. The summed E-state index contributed by atoms with van der Waals surface area (Å²) in [7, 11) is 1.99. The van der Waals surface area contributed by atoms with E-state index in [-0.39, 0.29) is 17.8 Å². The normalized spacial score (nSPS) is 13.5. The van der Waals surface area contributed by atoms with Crippen molar-refractivity contribution < 1.29 is 14.1 Å². The maximum atomic E-state index is 12.9. The highest BCUT2D eigenvalue weighted by Gasteiger charge is 2.21. The van der Waals surface area contributed by atoms with Gasteiger partial charge in [-0.25, -0.2) is 4.39 Å². The molecule has 0 aliphatic rings. The average Bonchev–Trinajstić information content (AvgIpc) is 2.51. The minimum atomic E-state index is -0.312. The molecular weight excluding hydrogens is 279 g/mol. The summed E-state index contributed by atoms with van der Waals surface area (Å²) in [5.74, 6) is -0.385. The second-order valence-electron chi connectivity index (χ2n) is 5.73. The van der Waals surface area contributed by atoms with Crippen LogP contribution in [0.1, 0.15) is 18.1 Å². The Balaban J connectivity index is 1.94. The van der Waals surface area contributed by atoms with Gasteiger partial charge in [-0.15, -0.1) is 0 Å². The lowest BCUT2D eigenvalue weighted by Crippen LogP contribution is -3.12. The first-order chi connectivity index (χ1) is 10.5.